The van der Waals surface area contributed by atoms with Crippen LogP contribution in [-0.2, 0) is 0 Å². The summed E-state index contributed by atoms with van der Waals surface area (Å²) in [5, 5.41) is 1.58. The van der Waals surface area contributed by atoms with E-state index < -0.39 is 8.07 Å². The van der Waals surface area contributed by atoms with Gasteiger partial charge < -0.3 is 0 Å². The quantitative estimate of drug-likeness (QED) is 0.372. The van der Waals surface area contributed by atoms with Crippen LogP contribution in [0.3, 0.4) is 0 Å². The third-order valence-electron chi connectivity index (χ3n) is 3.50. The van der Waals surface area contributed by atoms with Gasteiger partial charge in [-0.05, 0) is 0 Å². The zero-order valence-electron chi connectivity index (χ0n) is 14.9. The fraction of sp³-hybridized carbons (Fsp3) is 0.474. The van der Waals surface area contributed by atoms with Gasteiger partial charge in [0, 0.05) is 39.3 Å². The van der Waals surface area contributed by atoms with Crippen molar-refractivity contribution < 1.29 is 0 Å². The lowest BCUT2D eigenvalue weighted by atomic mass is 10.3. The van der Waals surface area contributed by atoms with Crippen molar-refractivity contribution in [3.05, 3.63) is 61.9 Å². The molecule has 0 unspecified atom stereocenters. The van der Waals surface area contributed by atoms with Crippen LogP contribution in [0.15, 0.2) is 61.9 Å². The molecule has 0 aromatic heterocycles. The lowest BCUT2D eigenvalue weighted by Crippen LogP contribution is -2.36. The fourth-order valence-electron chi connectivity index (χ4n) is 2.25. The maximum Gasteiger partial charge on any atom is 0.0737 e. The molecule has 0 spiro atoms. The Hall–Kier alpha value is -1.16. The Morgan fingerprint density at radius 2 is 1.14 bits per heavy atom. The topological polar surface area (TPSA) is 6.48 Å². The second-order valence-corrected chi connectivity index (χ2v) is 11.7. The van der Waals surface area contributed by atoms with Gasteiger partial charge in [0.25, 0.3) is 0 Å². The summed E-state index contributed by atoms with van der Waals surface area (Å²) in [5.74, 6) is 0. The summed E-state index contributed by atoms with van der Waals surface area (Å²) < 4.78 is 0. The molecule has 3 heteroatoms. The molecular weight excluding hydrogens is 284 g/mol. The normalized spacial score (nSPS) is 12.5. The molecule has 0 rings (SSSR count). The molecule has 124 valence electrons. The van der Waals surface area contributed by atoms with E-state index >= 15 is 0 Å². The molecule has 0 atom stereocenters. The van der Waals surface area contributed by atoms with Crippen LogP contribution < -0.4 is 0 Å². The van der Waals surface area contributed by atoms with Gasteiger partial charge in [0.05, 0.1) is 8.07 Å². The smallest absolute Gasteiger partial charge is 0.0737 e. The average molecular weight is 319 g/mol. The van der Waals surface area contributed by atoms with Gasteiger partial charge in [-0.1, -0.05) is 55.2 Å². The molecule has 0 aliphatic rings. The average Bonchev–Trinajstić information content (AvgIpc) is 2.42. The van der Waals surface area contributed by atoms with Gasteiger partial charge in [-0.25, -0.2) is 0 Å². The zero-order valence-corrected chi connectivity index (χ0v) is 15.9. The molecule has 2 nitrogen and oxygen atoms in total. The highest BCUT2D eigenvalue weighted by atomic mass is 28.3. The lowest BCUT2D eigenvalue weighted by molar-refractivity contribution is 0.360. The molecule has 0 heterocycles. The van der Waals surface area contributed by atoms with E-state index in [9.17, 15) is 0 Å². The van der Waals surface area contributed by atoms with Crippen LogP contribution in [0.2, 0.25) is 19.6 Å². The highest BCUT2D eigenvalue weighted by Gasteiger charge is 2.21. The molecule has 0 aromatic rings. The molecule has 0 fully saturated rings. The van der Waals surface area contributed by atoms with Crippen molar-refractivity contribution in [2.24, 2.45) is 0 Å². The van der Waals surface area contributed by atoms with E-state index in [1.165, 1.54) is 0 Å². The van der Waals surface area contributed by atoms with Gasteiger partial charge in [-0.3, -0.25) is 9.80 Å². The highest BCUT2D eigenvalue weighted by Crippen LogP contribution is 2.16. The van der Waals surface area contributed by atoms with Crippen molar-refractivity contribution in [3.63, 3.8) is 0 Å². The minimum atomic E-state index is -1.35. The minimum absolute atomic E-state index is 0.893. The predicted molar refractivity (Wildman–Crippen MR) is 105 cm³/mol. The summed E-state index contributed by atoms with van der Waals surface area (Å²) in [6, 6.07) is 0. The van der Waals surface area contributed by atoms with Crippen LogP contribution in [0.1, 0.15) is 0 Å². The SMILES string of the molecule is C=CCN(CC=C)C/C=C(\CN(CC=C)CC=C)[Si](C)(C)C. The van der Waals surface area contributed by atoms with Crippen molar-refractivity contribution in [2.75, 3.05) is 39.3 Å². The first-order valence-electron chi connectivity index (χ1n) is 7.96. The molecule has 0 saturated heterocycles. The maximum absolute atomic E-state index is 3.86. The summed E-state index contributed by atoms with van der Waals surface area (Å²) in [7, 11) is -1.35. The van der Waals surface area contributed by atoms with Crippen LogP contribution in [-0.4, -0.2) is 57.1 Å². The van der Waals surface area contributed by atoms with Gasteiger partial charge in [0.2, 0.25) is 0 Å². The van der Waals surface area contributed by atoms with Gasteiger partial charge in [-0.2, -0.15) is 0 Å². The van der Waals surface area contributed by atoms with Gasteiger partial charge >= 0.3 is 0 Å². The summed E-state index contributed by atoms with van der Waals surface area (Å²) in [6.45, 7) is 28.2. The monoisotopic (exact) mass is 318 g/mol. The van der Waals surface area contributed by atoms with E-state index in [4.69, 9.17) is 0 Å². The van der Waals surface area contributed by atoms with Crippen molar-refractivity contribution in [1.82, 2.24) is 9.80 Å². The molecular formula is C19H34N2Si. The van der Waals surface area contributed by atoms with Crippen molar-refractivity contribution in [1.29, 1.82) is 0 Å². The third kappa shape index (κ3) is 8.98. The van der Waals surface area contributed by atoms with Crippen molar-refractivity contribution >= 4 is 8.07 Å². The maximum atomic E-state index is 3.86. The second kappa shape index (κ2) is 11.4. The number of rotatable bonds is 13. The van der Waals surface area contributed by atoms with E-state index in [1.807, 2.05) is 24.3 Å². The molecule has 22 heavy (non-hydrogen) atoms. The van der Waals surface area contributed by atoms with Crippen molar-refractivity contribution in [2.45, 2.75) is 19.6 Å². The first-order valence-corrected chi connectivity index (χ1v) is 11.5. The standard InChI is InChI=1S/C19H34N2Si/c1-8-13-20(14-9-2)17-12-19(22(5,6)7)18-21(15-10-3)16-11-4/h8-12H,1-4,13-18H2,5-7H3/b19-12+. The van der Waals surface area contributed by atoms with Crippen LogP contribution in [0, 0.1) is 0 Å². The van der Waals surface area contributed by atoms with Gasteiger partial charge in [-0.15, -0.1) is 26.3 Å². The fourth-order valence-corrected chi connectivity index (χ4v) is 3.65. The number of nitrogens with zero attached hydrogens (tertiary/aromatic N) is 2. The Bertz CT molecular complexity index is 371. The number of hydrogen-bond acceptors (Lipinski definition) is 2. The Balaban J connectivity index is 5.04. The van der Waals surface area contributed by atoms with Crippen LogP contribution >= 0.6 is 0 Å². The number of hydrogen-bond donors (Lipinski definition) is 0. The first kappa shape index (κ1) is 20.8. The van der Waals surface area contributed by atoms with Crippen LogP contribution in [0.4, 0.5) is 0 Å². The first-order chi connectivity index (χ1) is 10.4. The Labute approximate surface area is 139 Å². The van der Waals surface area contributed by atoms with E-state index in [2.05, 4.69) is 61.8 Å². The summed E-state index contributed by atoms with van der Waals surface area (Å²) in [6.07, 6.45) is 10.2. The van der Waals surface area contributed by atoms with Gasteiger partial charge in [0.1, 0.15) is 0 Å². The van der Waals surface area contributed by atoms with E-state index in [-0.39, 0.29) is 0 Å². The van der Waals surface area contributed by atoms with E-state index in [1.54, 1.807) is 5.20 Å². The largest absolute Gasteiger partial charge is 0.293 e. The Morgan fingerprint density at radius 3 is 1.50 bits per heavy atom. The Kier molecular flexibility index (Phi) is 10.8. The lowest BCUT2D eigenvalue weighted by Gasteiger charge is -2.28. The molecule has 0 aliphatic carbocycles. The molecule has 0 amide bonds. The molecule has 0 saturated carbocycles. The molecule has 0 aliphatic heterocycles. The highest BCUT2D eigenvalue weighted by molar-refractivity contribution is 6.83. The predicted octanol–water partition coefficient (Wildman–Crippen LogP) is 4.14. The van der Waals surface area contributed by atoms with Crippen LogP contribution in [0.5, 0.6) is 0 Å². The molecule has 0 aromatic carbocycles. The molecule has 0 bridgehead atoms. The Morgan fingerprint density at radius 1 is 0.727 bits per heavy atom. The van der Waals surface area contributed by atoms with Gasteiger partial charge in [0.15, 0.2) is 0 Å². The van der Waals surface area contributed by atoms with E-state index in [0.717, 1.165) is 39.3 Å². The summed E-state index contributed by atoms with van der Waals surface area (Å²) in [4.78, 5) is 4.72. The second-order valence-electron chi connectivity index (χ2n) is 6.55. The van der Waals surface area contributed by atoms with Crippen LogP contribution in [0.25, 0.3) is 0 Å². The van der Waals surface area contributed by atoms with E-state index in [0.29, 0.717) is 0 Å². The zero-order chi connectivity index (χ0) is 17.0. The van der Waals surface area contributed by atoms with Crippen molar-refractivity contribution in [3.8, 4) is 0 Å². The molecule has 0 radical (unpaired) electrons. The summed E-state index contributed by atoms with van der Waals surface area (Å²) >= 11 is 0. The minimum Gasteiger partial charge on any atom is -0.293 e. The third-order valence-corrected chi connectivity index (χ3v) is 5.79. The molecule has 0 N–H and O–H groups in total. The summed E-state index contributed by atoms with van der Waals surface area (Å²) in [5.41, 5.74) is 0.